The molecule has 1 aromatic carbocycles. The first kappa shape index (κ1) is 10.6. The van der Waals surface area contributed by atoms with Crippen LogP contribution in [-0.4, -0.2) is 11.1 Å². The van der Waals surface area contributed by atoms with Gasteiger partial charge >= 0.3 is 5.97 Å². The summed E-state index contributed by atoms with van der Waals surface area (Å²) in [6.07, 6.45) is 1.39. The van der Waals surface area contributed by atoms with Gasteiger partial charge in [0.15, 0.2) is 0 Å². The van der Waals surface area contributed by atoms with E-state index in [2.05, 4.69) is 0 Å². The van der Waals surface area contributed by atoms with Gasteiger partial charge in [-0.15, -0.1) is 0 Å². The van der Waals surface area contributed by atoms with Gasteiger partial charge in [-0.3, -0.25) is 0 Å². The number of aromatic carboxylic acids is 1. The number of carbonyl (C=O) groups is 1. The van der Waals surface area contributed by atoms with Gasteiger partial charge in [-0.05, 0) is 36.1 Å². The summed E-state index contributed by atoms with van der Waals surface area (Å²) in [6.45, 7) is 3.86. The van der Waals surface area contributed by atoms with Crippen molar-refractivity contribution in [2.24, 2.45) is 0 Å². The van der Waals surface area contributed by atoms with Crippen LogP contribution >= 0.6 is 0 Å². The number of rotatable bonds is 3. The lowest BCUT2D eigenvalue weighted by molar-refractivity contribution is 0.0694. The molecule has 0 aromatic heterocycles. The van der Waals surface area contributed by atoms with Crippen LogP contribution < -0.4 is 5.73 Å². The number of nitrogens with two attached hydrogens (primary N) is 1. The van der Waals surface area contributed by atoms with Gasteiger partial charge in [0.05, 0.1) is 5.56 Å². The molecule has 3 nitrogen and oxygen atoms in total. The minimum Gasteiger partial charge on any atom is -0.478 e. The summed E-state index contributed by atoms with van der Waals surface area (Å²) >= 11 is 0. The number of aryl methyl sites for hydroxylation is 2. The third-order valence-electron chi connectivity index (χ3n) is 2.30. The maximum Gasteiger partial charge on any atom is 0.336 e. The fraction of sp³-hybridized carbons (Fsp3) is 0.364. The third-order valence-corrected chi connectivity index (χ3v) is 2.30. The Morgan fingerprint density at radius 1 is 1.29 bits per heavy atom. The van der Waals surface area contributed by atoms with Crippen molar-refractivity contribution < 1.29 is 9.90 Å². The lowest BCUT2D eigenvalue weighted by Crippen LogP contribution is -2.07. The molecule has 0 aliphatic rings. The maximum absolute atomic E-state index is 11.0. The van der Waals surface area contributed by atoms with Gasteiger partial charge in [-0.1, -0.05) is 13.8 Å². The van der Waals surface area contributed by atoms with Crippen LogP contribution in [0.2, 0.25) is 0 Å². The van der Waals surface area contributed by atoms with Gasteiger partial charge in [-0.2, -0.15) is 0 Å². The molecule has 0 atom stereocenters. The molecule has 0 spiro atoms. The minimum absolute atomic E-state index is 0.421. The van der Waals surface area contributed by atoms with Gasteiger partial charge in [0, 0.05) is 5.69 Å². The predicted octanol–water partition coefficient (Wildman–Crippen LogP) is 2.09. The summed E-state index contributed by atoms with van der Waals surface area (Å²) in [4.78, 5) is 11.0. The molecule has 0 radical (unpaired) electrons. The monoisotopic (exact) mass is 193 g/mol. The lowest BCUT2D eigenvalue weighted by Gasteiger charge is -2.10. The Balaban J connectivity index is 3.40. The van der Waals surface area contributed by atoms with Gasteiger partial charge < -0.3 is 10.8 Å². The quantitative estimate of drug-likeness (QED) is 0.722. The molecule has 3 heteroatoms. The molecule has 0 amide bonds. The van der Waals surface area contributed by atoms with Crippen LogP contribution in [0, 0.1) is 0 Å². The summed E-state index contributed by atoms with van der Waals surface area (Å²) < 4.78 is 0. The number of hydrogen-bond acceptors (Lipinski definition) is 2. The molecule has 0 saturated carbocycles. The number of carboxylic acid groups (broad SMARTS) is 1. The molecule has 0 bridgehead atoms. The molecule has 14 heavy (non-hydrogen) atoms. The van der Waals surface area contributed by atoms with Crippen molar-refractivity contribution in [2.45, 2.75) is 26.7 Å². The fourth-order valence-corrected chi connectivity index (χ4v) is 1.63. The smallest absolute Gasteiger partial charge is 0.336 e. The molecule has 3 N–H and O–H groups in total. The van der Waals surface area contributed by atoms with E-state index in [1.54, 1.807) is 12.1 Å². The second-order valence-electron chi connectivity index (χ2n) is 3.23. The highest BCUT2D eigenvalue weighted by atomic mass is 16.4. The summed E-state index contributed by atoms with van der Waals surface area (Å²) in [7, 11) is 0. The van der Waals surface area contributed by atoms with Crippen LogP contribution in [-0.2, 0) is 12.8 Å². The largest absolute Gasteiger partial charge is 0.478 e. The highest BCUT2D eigenvalue weighted by Gasteiger charge is 2.14. The first-order chi connectivity index (χ1) is 6.60. The Labute approximate surface area is 83.6 Å². The molecule has 0 unspecified atom stereocenters. The van der Waals surface area contributed by atoms with Crippen LogP contribution in [0.15, 0.2) is 12.1 Å². The van der Waals surface area contributed by atoms with E-state index in [-0.39, 0.29) is 0 Å². The molecular weight excluding hydrogens is 178 g/mol. The molecule has 0 fully saturated rings. The lowest BCUT2D eigenvalue weighted by atomic mass is 9.97. The van der Waals surface area contributed by atoms with E-state index in [9.17, 15) is 4.79 Å². The van der Waals surface area contributed by atoms with Crippen LogP contribution in [0.1, 0.15) is 35.3 Å². The maximum atomic E-state index is 11.0. The fourth-order valence-electron chi connectivity index (χ4n) is 1.63. The van der Waals surface area contributed by atoms with E-state index in [1.165, 1.54) is 0 Å². The summed E-state index contributed by atoms with van der Waals surface area (Å²) in [5, 5.41) is 9.06. The second kappa shape index (κ2) is 4.13. The highest BCUT2D eigenvalue weighted by molar-refractivity contribution is 5.92. The van der Waals surface area contributed by atoms with E-state index >= 15 is 0 Å². The van der Waals surface area contributed by atoms with Crippen LogP contribution in [0.25, 0.3) is 0 Å². The Kier molecular flexibility index (Phi) is 3.12. The normalized spacial score (nSPS) is 10.1. The van der Waals surface area contributed by atoms with Gasteiger partial charge in [0.25, 0.3) is 0 Å². The van der Waals surface area contributed by atoms with Crippen molar-refractivity contribution in [1.82, 2.24) is 0 Å². The van der Waals surface area contributed by atoms with Crippen molar-refractivity contribution in [3.8, 4) is 0 Å². The minimum atomic E-state index is -0.862. The molecule has 1 aromatic rings. The summed E-state index contributed by atoms with van der Waals surface area (Å²) in [6, 6.07) is 3.48. The number of nitrogen functional groups attached to an aromatic ring is 1. The number of hydrogen-bond donors (Lipinski definition) is 2. The van der Waals surface area contributed by atoms with Gasteiger partial charge in [0.2, 0.25) is 0 Å². The number of carboxylic acids is 1. The second-order valence-corrected chi connectivity index (χ2v) is 3.23. The molecular formula is C11H15NO2. The zero-order chi connectivity index (χ0) is 10.7. The summed E-state index contributed by atoms with van der Waals surface area (Å²) in [5.41, 5.74) is 8.38. The molecule has 0 aliphatic heterocycles. The Morgan fingerprint density at radius 3 is 2.00 bits per heavy atom. The van der Waals surface area contributed by atoms with Crippen molar-refractivity contribution in [2.75, 3.05) is 5.73 Å². The third kappa shape index (κ3) is 1.87. The van der Waals surface area contributed by atoms with Gasteiger partial charge in [0.1, 0.15) is 0 Å². The first-order valence-corrected chi connectivity index (χ1v) is 4.74. The molecule has 76 valence electrons. The first-order valence-electron chi connectivity index (χ1n) is 4.74. The van der Waals surface area contributed by atoms with Crippen molar-refractivity contribution in [3.05, 3.63) is 28.8 Å². The predicted molar refractivity (Wildman–Crippen MR) is 56.6 cm³/mol. The van der Waals surface area contributed by atoms with Crippen LogP contribution in [0.3, 0.4) is 0 Å². The average molecular weight is 193 g/mol. The van der Waals surface area contributed by atoms with E-state index < -0.39 is 5.97 Å². The van der Waals surface area contributed by atoms with E-state index in [4.69, 9.17) is 10.8 Å². The SMILES string of the molecule is CCc1cc(N)cc(CC)c1C(=O)O. The van der Waals surface area contributed by atoms with Crippen molar-refractivity contribution in [1.29, 1.82) is 0 Å². The van der Waals surface area contributed by atoms with E-state index in [0.717, 1.165) is 11.1 Å². The zero-order valence-electron chi connectivity index (χ0n) is 8.50. The Hall–Kier alpha value is -1.51. The number of benzene rings is 1. The Bertz CT molecular complexity index is 333. The Morgan fingerprint density at radius 2 is 1.71 bits per heavy atom. The van der Waals surface area contributed by atoms with Crippen LogP contribution in [0.4, 0.5) is 5.69 Å². The van der Waals surface area contributed by atoms with Crippen molar-refractivity contribution in [3.63, 3.8) is 0 Å². The van der Waals surface area contributed by atoms with Crippen molar-refractivity contribution >= 4 is 11.7 Å². The average Bonchev–Trinajstić information content (AvgIpc) is 2.15. The molecule has 1 rings (SSSR count). The standard InChI is InChI=1S/C11H15NO2/c1-3-7-5-9(12)6-8(4-2)10(7)11(13)14/h5-6H,3-4,12H2,1-2H3,(H,13,14). The zero-order valence-corrected chi connectivity index (χ0v) is 8.50. The van der Waals surface area contributed by atoms with E-state index in [0.29, 0.717) is 24.1 Å². The van der Waals surface area contributed by atoms with E-state index in [1.807, 2.05) is 13.8 Å². The number of anilines is 1. The van der Waals surface area contributed by atoms with Crippen LogP contribution in [0.5, 0.6) is 0 Å². The molecule has 0 heterocycles. The van der Waals surface area contributed by atoms with Gasteiger partial charge in [-0.25, -0.2) is 4.79 Å². The highest BCUT2D eigenvalue weighted by Crippen LogP contribution is 2.20. The summed E-state index contributed by atoms with van der Waals surface area (Å²) in [5.74, 6) is -0.862. The topological polar surface area (TPSA) is 63.3 Å². The molecule has 0 aliphatic carbocycles. The molecule has 0 saturated heterocycles.